The third-order valence-electron chi connectivity index (χ3n) is 1.96. The summed E-state index contributed by atoms with van der Waals surface area (Å²) < 4.78 is 0. The molecule has 0 saturated carbocycles. The molecule has 0 aliphatic carbocycles. The predicted octanol–water partition coefficient (Wildman–Crippen LogP) is 2.16. The number of nitro groups is 1. The van der Waals surface area contributed by atoms with Gasteiger partial charge in [-0.15, -0.1) is 6.42 Å². The molecule has 0 fully saturated rings. The molecule has 5 heteroatoms. The lowest BCUT2D eigenvalue weighted by molar-refractivity contribution is -0.380. The van der Waals surface area contributed by atoms with Gasteiger partial charge in [-0.25, -0.2) is 0 Å². The van der Waals surface area contributed by atoms with E-state index in [-0.39, 0.29) is 16.0 Å². The Balaban J connectivity index is 2.51. The maximum Gasteiger partial charge on any atom is 0.324 e. The first-order valence-electron chi connectivity index (χ1n) is 4.60. The van der Waals surface area contributed by atoms with Crippen molar-refractivity contribution in [3.63, 3.8) is 0 Å². The number of terminal acetylenes is 1. The lowest BCUT2D eigenvalue weighted by Crippen LogP contribution is -2.25. The minimum absolute atomic E-state index is 0.0335. The topological polar surface area (TPSA) is 55.2 Å². The van der Waals surface area contributed by atoms with E-state index in [4.69, 9.17) is 6.42 Å². The largest absolute Gasteiger partial charge is 0.324 e. The van der Waals surface area contributed by atoms with Crippen LogP contribution in [0.2, 0.25) is 0 Å². The van der Waals surface area contributed by atoms with Crippen LogP contribution in [0.15, 0.2) is 12.1 Å². The Morgan fingerprint density at radius 2 is 2.47 bits per heavy atom. The second-order valence-electron chi connectivity index (χ2n) is 3.01. The summed E-state index contributed by atoms with van der Waals surface area (Å²) in [4.78, 5) is 11.0. The second kappa shape index (κ2) is 5.49. The lowest BCUT2D eigenvalue weighted by atomic mass is 10.2. The molecule has 0 radical (unpaired) electrons. The monoisotopic (exact) mass is 224 g/mol. The summed E-state index contributed by atoms with van der Waals surface area (Å²) in [5.41, 5.74) is 0. The highest BCUT2D eigenvalue weighted by molar-refractivity contribution is 7.15. The number of hydrogen-bond acceptors (Lipinski definition) is 4. The van der Waals surface area contributed by atoms with Crippen LogP contribution in [0.5, 0.6) is 0 Å². The van der Waals surface area contributed by atoms with Crippen LogP contribution in [0.25, 0.3) is 0 Å². The van der Waals surface area contributed by atoms with Crippen LogP contribution in [0.3, 0.4) is 0 Å². The van der Waals surface area contributed by atoms with E-state index < -0.39 is 0 Å². The summed E-state index contributed by atoms with van der Waals surface area (Å²) in [6, 6.07) is 3.29. The molecule has 1 heterocycles. The van der Waals surface area contributed by atoms with Crippen molar-refractivity contribution in [3.8, 4) is 12.3 Å². The Kier molecular flexibility index (Phi) is 4.28. The third-order valence-corrected chi connectivity index (χ3v) is 3.00. The average Bonchev–Trinajstić information content (AvgIpc) is 2.68. The molecule has 1 unspecified atom stereocenters. The van der Waals surface area contributed by atoms with Crippen LogP contribution in [-0.2, 0) is 6.54 Å². The van der Waals surface area contributed by atoms with Gasteiger partial charge in [0, 0.05) is 17.5 Å². The van der Waals surface area contributed by atoms with Gasteiger partial charge in [0.25, 0.3) is 0 Å². The molecule has 0 spiro atoms. The highest BCUT2D eigenvalue weighted by atomic mass is 32.1. The summed E-state index contributed by atoms with van der Waals surface area (Å²) in [6.45, 7) is 2.58. The molecule has 4 nitrogen and oxygen atoms in total. The van der Waals surface area contributed by atoms with Gasteiger partial charge in [-0.3, -0.25) is 15.4 Å². The van der Waals surface area contributed by atoms with E-state index in [0.717, 1.165) is 11.3 Å². The molecule has 0 amide bonds. The van der Waals surface area contributed by atoms with Crippen molar-refractivity contribution >= 4 is 16.3 Å². The average molecular weight is 224 g/mol. The van der Waals surface area contributed by atoms with Crippen molar-refractivity contribution in [2.75, 3.05) is 0 Å². The first-order chi connectivity index (χ1) is 7.17. The fourth-order valence-electron chi connectivity index (χ4n) is 1.10. The maximum absolute atomic E-state index is 10.4. The summed E-state index contributed by atoms with van der Waals surface area (Å²) in [5.74, 6) is 2.61. The fourth-order valence-corrected chi connectivity index (χ4v) is 1.88. The van der Waals surface area contributed by atoms with Gasteiger partial charge >= 0.3 is 5.00 Å². The zero-order valence-electron chi connectivity index (χ0n) is 8.40. The lowest BCUT2D eigenvalue weighted by Gasteiger charge is -2.08. The van der Waals surface area contributed by atoms with E-state index in [2.05, 4.69) is 11.2 Å². The minimum Gasteiger partial charge on any atom is -0.299 e. The quantitative estimate of drug-likeness (QED) is 0.473. The Hall–Kier alpha value is -1.38. The summed E-state index contributed by atoms with van der Waals surface area (Å²) >= 11 is 1.17. The zero-order chi connectivity index (χ0) is 11.3. The summed E-state index contributed by atoms with van der Waals surface area (Å²) in [6.07, 6.45) is 6.13. The molecule has 80 valence electrons. The zero-order valence-corrected chi connectivity index (χ0v) is 9.21. The summed E-state index contributed by atoms with van der Waals surface area (Å²) in [5, 5.41) is 13.7. The van der Waals surface area contributed by atoms with Gasteiger partial charge in [-0.1, -0.05) is 24.2 Å². The van der Waals surface area contributed by atoms with E-state index in [1.54, 1.807) is 6.07 Å². The van der Waals surface area contributed by atoms with Gasteiger partial charge in [0.1, 0.15) is 0 Å². The van der Waals surface area contributed by atoms with Crippen molar-refractivity contribution in [2.45, 2.75) is 25.9 Å². The molecular formula is C10H12N2O2S. The smallest absolute Gasteiger partial charge is 0.299 e. The molecule has 1 aromatic heterocycles. The number of thiophene rings is 1. The standard InChI is InChI=1S/C10H12N2O2S/c1-3-8(4-2)11-7-9-5-6-10(15-9)12(13)14/h1,5-6,8,11H,4,7H2,2H3. The maximum atomic E-state index is 10.4. The van der Waals surface area contributed by atoms with Crippen molar-refractivity contribution < 1.29 is 4.92 Å². The van der Waals surface area contributed by atoms with Gasteiger partial charge in [0.05, 0.1) is 11.0 Å². The molecule has 1 atom stereocenters. The number of nitrogens with one attached hydrogen (secondary N) is 1. The first-order valence-corrected chi connectivity index (χ1v) is 5.41. The summed E-state index contributed by atoms with van der Waals surface area (Å²) in [7, 11) is 0. The van der Waals surface area contributed by atoms with Gasteiger partial charge < -0.3 is 0 Å². The van der Waals surface area contributed by atoms with Crippen LogP contribution >= 0.6 is 11.3 Å². The Morgan fingerprint density at radius 1 is 1.73 bits per heavy atom. The molecule has 0 aromatic carbocycles. The van der Waals surface area contributed by atoms with E-state index in [9.17, 15) is 10.1 Å². The van der Waals surface area contributed by atoms with Crippen LogP contribution in [0.4, 0.5) is 5.00 Å². The van der Waals surface area contributed by atoms with Crippen molar-refractivity contribution in [1.29, 1.82) is 0 Å². The van der Waals surface area contributed by atoms with Crippen molar-refractivity contribution in [1.82, 2.24) is 5.32 Å². The van der Waals surface area contributed by atoms with Gasteiger partial charge in [-0.2, -0.15) is 0 Å². The van der Waals surface area contributed by atoms with Crippen LogP contribution < -0.4 is 5.32 Å². The number of hydrogen-bond donors (Lipinski definition) is 1. The molecule has 0 saturated heterocycles. The van der Waals surface area contributed by atoms with Gasteiger partial charge in [0.2, 0.25) is 0 Å². The molecule has 1 rings (SSSR count). The van der Waals surface area contributed by atoms with Gasteiger partial charge in [-0.05, 0) is 12.5 Å². The first kappa shape index (κ1) is 11.7. The molecule has 0 aliphatic heterocycles. The molecule has 0 bridgehead atoms. The van der Waals surface area contributed by atoms with E-state index in [1.165, 1.54) is 17.4 Å². The Bertz CT molecular complexity index is 381. The van der Waals surface area contributed by atoms with Crippen LogP contribution in [0.1, 0.15) is 18.2 Å². The molecule has 15 heavy (non-hydrogen) atoms. The van der Waals surface area contributed by atoms with E-state index in [1.807, 2.05) is 6.92 Å². The minimum atomic E-state index is -0.382. The molecule has 1 aromatic rings. The van der Waals surface area contributed by atoms with Crippen LogP contribution in [-0.4, -0.2) is 11.0 Å². The van der Waals surface area contributed by atoms with E-state index >= 15 is 0 Å². The molecule has 0 aliphatic rings. The van der Waals surface area contributed by atoms with Crippen molar-refractivity contribution in [2.24, 2.45) is 0 Å². The SMILES string of the molecule is C#CC(CC)NCc1ccc([N+](=O)[O-])s1. The molecular weight excluding hydrogens is 212 g/mol. The number of nitrogens with zero attached hydrogens (tertiary/aromatic N) is 1. The second-order valence-corrected chi connectivity index (χ2v) is 4.15. The fraction of sp³-hybridized carbons (Fsp3) is 0.400. The highest BCUT2D eigenvalue weighted by Gasteiger charge is 2.10. The van der Waals surface area contributed by atoms with E-state index in [0.29, 0.717) is 6.54 Å². The third kappa shape index (κ3) is 3.35. The van der Waals surface area contributed by atoms with Crippen LogP contribution in [0, 0.1) is 22.5 Å². The van der Waals surface area contributed by atoms with Crippen molar-refractivity contribution in [3.05, 3.63) is 27.1 Å². The Labute approximate surface area is 92.5 Å². The number of rotatable bonds is 5. The Morgan fingerprint density at radius 3 is 2.93 bits per heavy atom. The normalized spacial score (nSPS) is 12.0. The van der Waals surface area contributed by atoms with Gasteiger partial charge in [0.15, 0.2) is 0 Å². The predicted molar refractivity (Wildman–Crippen MR) is 60.7 cm³/mol. The highest BCUT2D eigenvalue weighted by Crippen LogP contribution is 2.23. The molecule has 1 N–H and O–H groups in total.